The Kier molecular flexibility index (Phi) is 7.57. The highest BCUT2D eigenvalue weighted by molar-refractivity contribution is 8.07. The van der Waals surface area contributed by atoms with Crippen LogP contribution in [0.1, 0.15) is 25.3 Å². The minimum Gasteiger partial charge on any atom is -0.396 e. The Morgan fingerprint density at radius 3 is 2.67 bits per heavy atom. The fourth-order valence-corrected chi connectivity index (χ4v) is 6.19. The van der Waals surface area contributed by atoms with Gasteiger partial charge in [-0.2, -0.15) is 14.3 Å². The second-order valence-electron chi connectivity index (χ2n) is 9.43. The van der Waals surface area contributed by atoms with Gasteiger partial charge in [0, 0.05) is 13.0 Å². The first kappa shape index (κ1) is 28.8. The summed E-state index contributed by atoms with van der Waals surface area (Å²) in [4.78, 5) is 37.2. The van der Waals surface area contributed by atoms with Crippen LogP contribution in [-0.2, 0) is 30.3 Å². The van der Waals surface area contributed by atoms with Crippen molar-refractivity contribution in [3.8, 4) is 0 Å². The number of nitrogen functional groups attached to an aromatic ring is 2. The van der Waals surface area contributed by atoms with Crippen LogP contribution >= 0.6 is 6.72 Å². The average molecular weight is 631 g/mol. The number of aliphatic hydroxyl groups excluding tert-OH is 2. The molecule has 20 nitrogen and oxygen atoms in total. The van der Waals surface area contributed by atoms with E-state index >= 15 is 4.39 Å². The molecule has 0 radical (unpaired) electrons. The van der Waals surface area contributed by atoms with E-state index in [2.05, 4.69) is 40.6 Å². The summed E-state index contributed by atoms with van der Waals surface area (Å²) >= 11 is 5.18. The monoisotopic (exact) mass is 630 g/mol. The van der Waals surface area contributed by atoms with E-state index < -0.39 is 61.9 Å². The second-order valence-corrected chi connectivity index (χ2v) is 12.2. The van der Waals surface area contributed by atoms with E-state index in [0.29, 0.717) is 0 Å². The summed E-state index contributed by atoms with van der Waals surface area (Å²) in [5.74, 6) is -0.165. The van der Waals surface area contributed by atoms with Crippen LogP contribution in [0.25, 0.3) is 22.3 Å². The van der Waals surface area contributed by atoms with Gasteiger partial charge < -0.3 is 45.1 Å². The van der Waals surface area contributed by atoms with Crippen molar-refractivity contribution < 1.29 is 38.0 Å². The highest BCUT2D eigenvalue weighted by atomic mass is 32.5. The fourth-order valence-electron chi connectivity index (χ4n) is 4.75. The van der Waals surface area contributed by atoms with Gasteiger partial charge in [-0.15, -0.1) is 10.2 Å². The van der Waals surface area contributed by atoms with Crippen molar-refractivity contribution in [2.75, 3.05) is 24.7 Å². The van der Waals surface area contributed by atoms with Crippen molar-refractivity contribution in [1.29, 1.82) is 0 Å². The third-order valence-electron chi connectivity index (χ3n) is 6.68. The predicted molar refractivity (Wildman–Crippen MR) is 140 cm³/mol. The standard InChI is InChI=1S/C19H24FN12O8PS/c20-9-12(34)8(39-18(9)31-14-10(27-29-31)13(21)23-5-24-14)4-37-41(36,42)40-7-3-6(1-2-33)38-17(7)32-15-11(28-30-32)16(35)26-19(22)25-15/h5-9,12,17-18,33-34H,1-4H2,(H,36,42)(H2,21,23,24)(H3,22,25,26,35)/t6-,7-,8-,9+,12-,17-,18-,41?/m1/s1. The van der Waals surface area contributed by atoms with Crippen LogP contribution < -0.4 is 17.0 Å². The number of anilines is 2. The number of ether oxygens (including phenoxy) is 2. The molecule has 226 valence electrons. The van der Waals surface area contributed by atoms with Crippen LogP contribution in [0.15, 0.2) is 11.1 Å². The van der Waals surface area contributed by atoms with E-state index in [1.807, 2.05) is 0 Å². The van der Waals surface area contributed by atoms with Gasteiger partial charge in [-0.1, -0.05) is 10.4 Å². The highest BCUT2D eigenvalue weighted by Gasteiger charge is 2.48. The van der Waals surface area contributed by atoms with Gasteiger partial charge in [-0.25, -0.2) is 14.4 Å². The zero-order valence-corrected chi connectivity index (χ0v) is 23.0. The van der Waals surface area contributed by atoms with Gasteiger partial charge in [0.25, 0.3) is 5.56 Å². The molecule has 8 atom stereocenters. The Bertz CT molecular complexity index is 1720. The molecular weight excluding hydrogens is 606 g/mol. The first-order valence-electron chi connectivity index (χ1n) is 12.4. The van der Waals surface area contributed by atoms with Gasteiger partial charge in [0.2, 0.25) is 5.95 Å². The molecule has 4 aromatic rings. The second kappa shape index (κ2) is 11.1. The summed E-state index contributed by atoms with van der Waals surface area (Å²) in [5, 5.41) is 35.3. The number of halogens is 1. The maximum absolute atomic E-state index is 15.1. The SMILES string of the molecule is Nc1nc2c(nnn2[C@@H]2O[C@H](CCO)C[C@H]2OP(O)(=S)OC[C@H]2O[C@@H](n3nnc4c(N)ncnc43)[C@@H](F)[C@@H]2O)c(=O)[nH]1. The normalized spacial score (nSPS) is 29.5. The van der Waals surface area contributed by atoms with Gasteiger partial charge in [0.15, 0.2) is 46.8 Å². The Morgan fingerprint density at radius 1 is 1.17 bits per heavy atom. The van der Waals surface area contributed by atoms with E-state index in [9.17, 15) is 19.9 Å². The molecule has 0 saturated carbocycles. The maximum atomic E-state index is 15.1. The number of aromatic nitrogens is 10. The number of hydrogen-bond acceptors (Lipinski definition) is 17. The van der Waals surface area contributed by atoms with Crippen molar-refractivity contribution >= 4 is 52.6 Å². The van der Waals surface area contributed by atoms with Crippen LogP contribution in [0.2, 0.25) is 0 Å². The largest absolute Gasteiger partial charge is 0.396 e. The van der Waals surface area contributed by atoms with Gasteiger partial charge in [0.1, 0.15) is 24.6 Å². The quantitative estimate of drug-likeness (QED) is 0.107. The fraction of sp³-hybridized carbons (Fsp3) is 0.579. The number of aromatic amines is 1. The molecule has 2 fully saturated rings. The number of rotatable bonds is 9. The van der Waals surface area contributed by atoms with Gasteiger partial charge in [-0.3, -0.25) is 9.78 Å². The topological polar surface area (TPSA) is 283 Å². The zero-order chi connectivity index (χ0) is 29.8. The third-order valence-corrected chi connectivity index (χ3v) is 8.27. The van der Waals surface area contributed by atoms with E-state index in [4.69, 9.17) is 41.8 Å². The molecule has 0 aliphatic carbocycles. The van der Waals surface area contributed by atoms with Crippen molar-refractivity contribution in [2.45, 2.75) is 55.9 Å². The number of hydrogen-bond donors (Lipinski definition) is 6. The number of alkyl halides is 1. The molecule has 23 heteroatoms. The molecule has 2 saturated heterocycles. The van der Waals surface area contributed by atoms with E-state index in [0.717, 1.165) is 15.7 Å². The minimum absolute atomic E-state index is 0.0122. The summed E-state index contributed by atoms with van der Waals surface area (Å²) in [7, 11) is 0. The first-order valence-corrected chi connectivity index (χ1v) is 15.0. The Hall–Kier alpha value is -3.34. The van der Waals surface area contributed by atoms with Crippen LogP contribution in [-0.4, -0.2) is 109 Å². The van der Waals surface area contributed by atoms with Crippen molar-refractivity contribution in [3.05, 3.63) is 16.7 Å². The summed E-state index contributed by atoms with van der Waals surface area (Å²) in [6, 6.07) is 0. The number of H-pyrrole nitrogens is 1. The molecule has 2 aliphatic heterocycles. The summed E-state index contributed by atoms with van der Waals surface area (Å²) < 4.78 is 40.0. The minimum atomic E-state index is -4.10. The van der Waals surface area contributed by atoms with Crippen LogP contribution in [0.4, 0.5) is 16.2 Å². The lowest BCUT2D eigenvalue weighted by Gasteiger charge is -2.25. The molecule has 0 aromatic carbocycles. The summed E-state index contributed by atoms with van der Waals surface area (Å²) in [6.07, 6.45) is -7.58. The van der Waals surface area contributed by atoms with E-state index in [-0.39, 0.29) is 53.5 Å². The Labute approximate surface area is 238 Å². The van der Waals surface area contributed by atoms with Gasteiger partial charge in [-0.05, 0) is 18.2 Å². The van der Waals surface area contributed by atoms with E-state index in [1.54, 1.807) is 0 Å². The number of nitrogens with two attached hydrogens (primary N) is 2. The van der Waals surface area contributed by atoms with Crippen LogP contribution in [0.3, 0.4) is 0 Å². The molecule has 6 rings (SSSR count). The molecule has 8 N–H and O–H groups in total. The van der Waals surface area contributed by atoms with Crippen molar-refractivity contribution in [2.24, 2.45) is 0 Å². The Balaban J connectivity index is 1.17. The molecule has 0 spiro atoms. The number of aliphatic hydroxyl groups is 2. The Morgan fingerprint density at radius 2 is 1.90 bits per heavy atom. The number of nitrogens with one attached hydrogen (secondary N) is 1. The zero-order valence-electron chi connectivity index (χ0n) is 21.2. The van der Waals surface area contributed by atoms with Crippen LogP contribution in [0, 0.1) is 0 Å². The molecule has 4 aromatic heterocycles. The molecule has 0 amide bonds. The van der Waals surface area contributed by atoms with Gasteiger partial charge in [0.05, 0.1) is 12.7 Å². The lowest BCUT2D eigenvalue weighted by Crippen LogP contribution is -2.31. The number of fused-ring (bicyclic) bond motifs is 2. The smallest absolute Gasteiger partial charge is 0.325 e. The maximum Gasteiger partial charge on any atom is 0.325 e. The number of nitrogens with zero attached hydrogens (tertiary/aromatic N) is 9. The van der Waals surface area contributed by atoms with E-state index in [1.165, 1.54) is 0 Å². The van der Waals surface area contributed by atoms with Crippen LogP contribution in [0.5, 0.6) is 0 Å². The molecule has 1 unspecified atom stereocenters. The molecule has 42 heavy (non-hydrogen) atoms. The third kappa shape index (κ3) is 5.20. The lowest BCUT2D eigenvalue weighted by molar-refractivity contribution is -0.0578. The average Bonchev–Trinajstić information content (AvgIpc) is 3.70. The summed E-state index contributed by atoms with van der Waals surface area (Å²) in [6.45, 7) is -4.87. The van der Waals surface area contributed by atoms with Gasteiger partial charge >= 0.3 is 6.72 Å². The highest BCUT2D eigenvalue weighted by Crippen LogP contribution is 2.50. The summed E-state index contributed by atoms with van der Waals surface area (Å²) in [5.41, 5.74) is 10.9. The molecule has 6 heterocycles. The van der Waals surface area contributed by atoms with Crippen molar-refractivity contribution in [1.82, 2.24) is 49.9 Å². The molecule has 0 bridgehead atoms. The van der Waals surface area contributed by atoms with Crippen molar-refractivity contribution in [3.63, 3.8) is 0 Å². The molecular formula is C19H24FN12O8PS. The molecule has 2 aliphatic rings. The lowest BCUT2D eigenvalue weighted by atomic mass is 10.1. The first-order chi connectivity index (χ1) is 20.1. The predicted octanol–water partition coefficient (Wildman–Crippen LogP) is -2.20.